The third kappa shape index (κ3) is 1.46. The van der Waals surface area contributed by atoms with E-state index in [1.807, 2.05) is 36.0 Å². The van der Waals surface area contributed by atoms with Crippen LogP contribution in [0.15, 0.2) is 48.8 Å². The normalized spacial score (nSPS) is 10.8. The van der Waals surface area contributed by atoms with E-state index >= 15 is 0 Å². The fourth-order valence-corrected chi connectivity index (χ4v) is 1.76. The number of benzene rings is 1. The minimum absolute atomic E-state index is 0.994. The van der Waals surface area contributed by atoms with E-state index in [1.54, 1.807) is 6.20 Å². The Hall–Kier alpha value is -2.16. The summed E-state index contributed by atoms with van der Waals surface area (Å²) in [5.74, 6) is 0. The Labute approximate surface area is 93.4 Å². The molecule has 16 heavy (non-hydrogen) atoms. The minimum Gasteiger partial charge on any atom is -0.256 e. The highest BCUT2D eigenvalue weighted by molar-refractivity contribution is 5.80. The molecule has 0 aliphatic heterocycles. The number of rotatable bonds is 1. The standard InChI is InChI=1S/C13H11N3/c1-10-6-8-16(15-10)12-5-4-11-3-2-7-14-13(11)9-12/h2-9H,1H3. The van der Waals surface area contributed by atoms with Crippen molar-refractivity contribution in [2.24, 2.45) is 0 Å². The number of hydrogen-bond acceptors (Lipinski definition) is 2. The second kappa shape index (κ2) is 3.45. The first kappa shape index (κ1) is 9.09. The Balaban J connectivity index is 2.18. The summed E-state index contributed by atoms with van der Waals surface area (Å²) in [7, 11) is 0. The van der Waals surface area contributed by atoms with Crippen LogP contribution in [0.3, 0.4) is 0 Å². The van der Waals surface area contributed by atoms with Crippen LogP contribution < -0.4 is 0 Å². The van der Waals surface area contributed by atoms with Crippen LogP contribution in [0, 0.1) is 6.92 Å². The van der Waals surface area contributed by atoms with Crippen LogP contribution >= 0.6 is 0 Å². The molecule has 2 aromatic heterocycles. The first-order valence-corrected chi connectivity index (χ1v) is 5.20. The van der Waals surface area contributed by atoms with Gasteiger partial charge in [-0.3, -0.25) is 4.98 Å². The molecule has 0 fully saturated rings. The summed E-state index contributed by atoms with van der Waals surface area (Å²) >= 11 is 0. The summed E-state index contributed by atoms with van der Waals surface area (Å²) in [4.78, 5) is 4.33. The Morgan fingerprint density at radius 3 is 2.88 bits per heavy atom. The van der Waals surface area contributed by atoms with E-state index < -0.39 is 0 Å². The lowest BCUT2D eigenvalue weighted by Gasteiger charge is -2.02. The molecule has 0 saturated carbocycles. The van der Waals surface area contributed by atoms with Crippen molar-refractivity contribution >= 4 is 10.9 Å². The van der Waals surface area contributed by atoms with Gasteiger partial charge in [0.05, 0.1) is 16.9 Å². The van der Waals surface area contributed by atoms with E-state index in [9.17, 15) is 0 Å². The molecule has 2 heterocycles. The molecule has 78 valence electrons. The fraction of sp³-hybridized carbons (Fsp3) is 0.0769. The van der Waals surface area contributed by atoms with E-state index in [0.717, 1.165) is 22.3 Å². The van der Waals surface area contributed by atoms with Gasteiger partial charge in [0.2, 0.25) is 0 Å². The maximum atomic E-state index is 4.38. The molecule has 0 radical (unpaired) electrons. The molecule has 0 aliphatic rings. The van der Waals surface area contributed by atoms with Crippen molar-refractivity contribution in [1.82, 2.24) is 14.8 Å². The van der Waals surface area contributed by atoms with Gasteiger partial charge in [0, 0.05) is 17.8 Å². The zero-order chi connectivity index (χ0) is 11.0. The summed E-state index contributed by atoms with van der Waals surface area (Å²) in [5.41, 5.74) is 3.05. The molecule has 3 heteroatoms. The van der Waals surface area contributed by atoms with E-state index in [0.29, 0.717) is 0 Å². The molecule has 0 bridgehead atoms. The SMILES string of the molecule is Cc1ccn(-c2ccc3cccnc3c2)n1. The number of aromatic nitrogens is 3. The van der Waals surface area contributed by atoms with Gasteiger partial charge in [-0.05, 0) is 31.2 Å². The number of aryl methyl sites for hydroxylation is 1. The van der Waals surface area contributed by atoms with E-state index in [-0.39, 0.29) is 0 Å². The van der Waals surface area contributed by atoms with Gasteiger partial charge < -0.3 is 0 Å². The molecule has 0 atom stereocenters. The van der Waals surface area contributed by atoms with Crippen LogP contribution in [0.4, 0.5) is 0 Å². The fourth-order valence-electron chi connectivity index (χ4n) is 1.76. The quantitative estimate of drug-likeness (QED) is 0.617. The van der Waals surface area contributed by atoms with Crippen LogP contribution in [0.5, 0.6) is 0 Å². The molecule has 0 amide bonds. The van der Waals surface area contributed by atoms with Gasteiger partial charge in [0.15, 0.2) is 0 Å². The van der Waals surface area contributed by atoms with Crippen LogP contribution in [-0.4, -0.2) is 14.8 Å². The molecule has 0 spiro atoms. The highest BCUT2D eigenvalue weighted by Crippen LogP contribution is 2.15. The Bertz CT molecular complexity index is 640. The van der Waals surface area contributed by atoms with Crippen molar-refractivity contribution in [2.45, 2.75) is 6.92 Å². The summed E-state index contributed by atoms with van der Waals surface area (Å²) in [6.07, 6.45) is 3.76. The highest BCUT2D eigenvalue weighted by Gasteiger charge is 2.00. The zero-order valence-electron chi connectivity index (χ0n) is 8.96. The largest absolute Gasteiger partial charge is 0.256 e. The van der Waals surface area contributed by atoms with Crippen molar-refractivity contribution in [2.75, 3.05) is 0 Å². The van der Waals surface area contributed by atoms with Crippen molar-refractivity contribution in [3.63, 3.8) is 0 Å². The van der Waals surface area contributed by atoms with E-state index in [2.05, 4.69) is 28.3 Å². The Kier molecular flexibility index (Phi) is 1.96. The van der Waals surface area contributed by atoms with Crippen molar-refractivity contribution in [3.05, 3.63) is 54.5 Å². The lowest BCUT2D eigenvalue weighted by molar-refractivity contribution is 0.863. The van der Waals surface area contributed by atoms with Crippen LogP contribution in [0.25, 0.3) is 16.6 Å². The third-order valence-electron chi connectivity index (χ3n) is 2.58. The second-order valence-corrected chi connectivity index (χ2v) is 3.78. The topological polar surface area (TPSA) is 30.7 Å². The maximum absolute atomic E-state index is 4.38. The van der Waals surface area contributed by atoms with Gasteiger partial charge in [-0.2, -0.15) is 5.10 Å². The van der Waals surface area contributed by atoms with Crippen molar-refractivity contribution in [1.29, 1.82) is 0 Å². The Morgan fingerprint density at radius 1 is 1.12 bits per heavy atom. The smallest absolute Gasteiger partial charge is 0.0723 e. The van der Waals surface area contributed by atoms with Gasteiger partial charge in [0.25, 0.3) is 0 Å². The van der Waals surface area contributed by atoms with E-state index in [4.69, 9.17) is 0 Å². The zero-order valence-corrected chi connectivity index (χ0v) is 8.96. The maximum Gasteiger partial charge on any atom is 0.0723 e. The monoisotopic (exact) mass is 209 g/mol. The number of fused-ring (bicyclic) bond motifs is 1. The van der Waals surface area contributed by atoms with Gasteiger partial charge >= 0.3 is 0 Å². The summed E-state index contributed by atoms with van der Waals surface area (Å²) in [6.45, 7) is 1.98. The minimum atomic E-state index is 0.994. The molecule has 0 saturated heterocycles. The molecular weight excluding hydrogens is 198 g/mol. The molecule has 0 unspecified atom stereocenters. The predicted octanol–water partition coefficient (Wildman–Crippen LogP) is 2.73. The van der Waals surface area contributed by atoms with Crippen LogP contribution in [0.2, 0.25) is 0 Å². The molecule has 3 rings (SSSR count). The van der Waals surface area contributed by atoms with Gasteiger partial charge in [-0.1, -0.05) is 12.1 Å². The number of hydrogen-bond donors (Lipinski definition) is 0. The lowest BCUT2D eigenvalue weighted by atomic mass is 10.2. The molecule has 3 aromatic rings. The summed E-state index contributed by atoms with van der Waals surface area (Å²) in [6, 6.07) is 12.1. The molecule has 1 aromatic carbocycles. The second-order valence-electron chi connectivity index (χ2n) is 3.78. The summed E-state index contributed by atoms with van der Waals surface area (Å²) in [5, 5.41) is 5.52. The molecule has 0 N–H and O–H groups in total. The third-order valence-corrected chi connectivity index (χ3v) is 2.58. The van der Waals surface area contributed by atoms with Gasteiger partial charge in [-0.15, -0.1) is 0 Å². The lowest BCUT2D eigenvalue weighted by Crippen LogP contribution is -1.95. The van der Waals surface area contributed by atoms with Crippen LogP contribution in [0.1, 0.15) is 5.69 Å². The number of nitrogens with zero attached hydrogens (tertiary/aromatic N) is 3. The molecule has 3 nitrogen and oxygen atoms in total. The van der Waals surface area contributed by atoms with Crippen LogP contribution in [-0.2, 0) is 0 Å². The average molecular weight is 209 g/mol. The van der Waals surface area contributed by atoms with E-state index in [1.165, 1.54) is 0 Å². The van der Waals surface area contributed by atoms with Gasteiger partial charge in [-0.25, -0.2) is 4.68 Å². The predicted molar refractivity (Wildman–Crippen MR) is 63.6 cm³/mol. The number of pyridine rings is 1. The first-order valence-electron chi connectivity index (χ1n) is 5.20. The van der Waals surface area contributed by atoms with Gasteiger partial charge in [0.1, 0.15) is 0 Å². The first-order chi connectivity index (χ1) is 7.83. The molecular formula is C13H11N3. The molecule has 0 aliphatic carbocycles. The van der Waals surface area contributed by atoms with Crippen molar-refractivity contribution < 1.29 is 0 Å². The highest BCUT2D eigenvalue weighted by atomic mass is 15.3. The summed E-state index contributed by atoms with van der Waals surface area (Å²) < 4.78 is 1.86. The average Bonchev–Trinajstić information content (AvgIpc) is 2.75. The van der Waals surface area contributed by atoms with Crippen molar-refractivity contribution in [3.8, 4) is 5.69 Å². The Morgan fingerprint density at radius 2 is 2.06 bits per heavy atom.